The van der Waals surface area contributed by atoms with E-state index in [9.17, 15) is 9.59 Å². The first-order valence-electron chi connectivity index (χ1n) is 6.76. The van der Waals surface area contributed by atoms with E-state index in [2.05, 4.69) is 5.32 Å². The molecule has 2 amide bonds. The van der Waals surface area contributed by atoms with E-state index in [4.69, 9.17) is 28.9 Å². The lowest BCUT2D eigenvalue weighted by Gasteiger charge is -2.32. The highest BCUT2D eigenvalue weighted by Gasteiger charge is 2.28. The molecule has 1 saturated heterocycles. The van der Waals surface area contributed by atoms with Crippen LogP contribution in [0.5, 0.6) is 0 Å². The summed E-state index contributed by atoms with van der Waals surface area (Å²) in [5.41, 5.74) is 5.84. The van der Waals surface area contributed by atoms with Gasteiger partial charge in [0.05, 0.1) is 28.3 Å². The summed E-state index contributed by atoms with van der Waals surface area (Å²) in [6.45, 7) is 0.792. The molecule has 1 aliphatic heterocycles. The molecule has 0 saturated carbocycles. The van der Waals surface area contributed by atoms with Gasteiger partial charge in [-0.2, -0.15) is 0 Å². The largest absolute Gasteiger partial charge is 0.368 e. The van der Waals surface area contributed by atoms with Crippen molar-refractivity contribution in [3.05, 3.63) is 28.2 Å². The maximum atomic E-state index is 12.1. The Kier molecular flexibility index (Phi) is 5.45. The van der Waals surface area contributed by atoms with Crippen molar-refractivity contribution < 1.29 is 9.59 Å². The second-order valence-electron chi connectivity index (χ2n) is 5.03. The van der Waals surface area contributed by atoms with Crippen LogP contribution in [-0.4, -0.2) is 35.8 Å². The zero-order valence-electron chi connectivity index (χ0n) is 11.4. The van der Waals surface area contributed by atoms with Crippen LogP contribution in [0.25, 0.3) is 0 Å². The third kappa shape index (κ3) is 4.09. The minimum absolute atomic E-state index is 0.108. The highest BCUT2D eigenvalue weighted by Crippen LogP contribution is 2.29. The molecule has 0 spiro atoms. The molecule has 114 valence electrons. The van der Waals surface area contributed by atoms with E-state index in [1.54, 1.807) is 23.1 Å². The first-order chi connectivity index (χ1) is 9.99. The van der Waals surface area contributed by atoms with Crippen LogP contribution in [0.1, 0.15) is 19.3 Å². The Morgan fingerprint density at radius 3 is 2.81 bits per heavy atom. The summed E-state index contributed by atoms with van der Waals surface area (Å²) in [4.78, 5) is 25.3. The Morgan fingerprint density at radius 1 is 1.33 bits per heavy atom. The molecule has 3 N–H and O–H groups in total. The first-order valence-corrected chi connectivity index (χ1v) is 7.52. The van der Waals surface area contributed by atoms with E-state index in [0.717, 1.165) is 12.8 Å². The van der Waals surface area contributed by atoms with E-state index in [1.165, 1.54) is 0 Å². The maximum absolute atomic E-state index is 12.1. The number of nitrogens with one attached hydrogen (secondary N) is 1. The van der Waals surface area contributed by atoms with E-state index in [-0.39, 0.29) is 24.4 Å². The number of nitrogens with zero attached hydrogens (tertiary/aromatic N) is 1. The highest BCUT2D eigenvalue weighted by molar-refractivity contribution is 6.44. The van der Waals surface area contributed by atoms with Gasteiger partial charge in [0, 0.05) is 0 Å². The molecule has 1 aromatic carbocycles. The van der Waals surface area contributed by atoms with Crippen LogP contribution in [0.4, 0.5) is 5.69 Å². The number of nitrogens with two attached hydrogens (primary N) is 1. The van der Waals surface area contributed by atoms with E-state index in [0.29, 0.717) is 28.7 Å². The zero-order chi connectivity index (χ0) is 15.4. The van der Waals surface area contributed by atoms with Crippen molar-refractivity contribution >= 4 is 40.7 Å². The maximum Gasteiger partial charge on any atom is 0.238 e. The number of hydrogen-bond donors (Lipinski definition) is 2. The predicted molar refractivity (Wildman–Crippen MR) is 83.5 cm³/mol. The number of piperidine rings is 1. The average molecular weight is 330 g/mol. The molecular weight excluding hydrogens is 313 g/mol. The molecule has 1 aliphatic rings. The topological polar surface area (TPSA) is 75.4 Å². The normalized spacial score (nSPS) is 19.2. The molecule has 7 heteroatoms. The van der Waals surface area contributed by atoms with Crippen LogP contribution in [0.3, 0.4) is 0 Å². The van der Waals surface area contributed by atoms with E-state index < -0.39 is 0 Å². The monoisotopic (exact) mass is 329 g/mol. The lowest BCUT2D eigenvalue weighted by Crippen LogP contribution is -2.50. The summed E-state index contributed by atoms with van der Waals surface area (Å²) in [6, 6.07) is 4.65. The van der Waals surface area contributed by atoms with Crippen molar-refractivity contribution in [2.45, 2.75) is 25.3 Å². The number of likely N-dealkylation sites (tertiary alicyclic amines) is 1. The van der Waals surface area contributed by atoms with Gasteiger partial charge in [0.25, 0.3) is 0 Å². The molecule has 2 rings (SSSR count). The number of benzene rings is 1. The number of rotatable bonds is 4. The first kappa shape index (κ1) is 16.1. The van der Waals surface area contributed by atoms with Crippen LogP contribution in [0, 0.1) is 0 Å². The molecule has 21 heavy (non-hydrogen) atoms. The Labute approximate surface area is 133 Å². The summed E-state index contributed by atoms with van der Waals surface area (Å²) in [5, 5.41) is 3.39. The van der Waals surface area contributed by atoms with Gasteiger partial charge < -0.3 is 11.1 Å². The Balaban J connectivity index is 2.00. The molecule has 1 fully saturated rings. The molecule has 0 aliphatic carbocycles. The van der Waals surface area contributed by atoms with Crippen molar-refractivity contribution in [1.82, 2.24) is 4.90 Å². The van der Waals surface area contributed by atoms with Gasteiger partial charge >= 0.3 is 0 Å². The number of anilines is 1. The van der Waals surface area contributed by atoms with Gasteiger partial charge in [0.1, 0.15) is 0 Å². The van der Waals surface area contributed by atoms with Crippen LogP contribution in [-0.2, 0) is 9.59 Å². The third-order valence-electron chi connectivity index (χ3n) is 3.51. The van der Waals surface area contributed by atoms with E-state index in [1.807, 2.05) is 0 Å². The third-order valence-corrected chi connectivity index (χ3v) is 4.33. The number of carbonyl (C=O) groups is 2. The van der Waals surface area contributed by atoms with Crippen molar-refractivity contribution in [3.63, 3.8) is 0 Å². The summed E-state index contributed by atoms with van der Waals surface area (Å²) in [6.07, 6.45) is 2.60. The van der Waals surface area contributed by atoms with Gasteiger partial charge in [-0.15, -0.1) is 0 Å². The smallest absolute Gasteiger partial charge is 0.238 e. The fourth-order valence-corrected chi connectivity index (χ4v) is 2.82. The Bertz CT molecular complexity index is 551. The van der Waals surface area contributed by atoms with Crippen molar-refractivity contribution in [1.29, 1.82) is 0 Å². The Hall–Kier alpha value is -1.30. The molecule has 5 nitrogen and oxygen atoms in total. The number of halogens is 2. The molecule has 1 atom stereocenters. The SMILES string of the molecule is NC(=O)C1CCCCN1CC(=O)Nc1cccc(Cl)c1Cl. The van der Waals surface area contributed by atoms with Gasteiger partial charge in [0.15, 0.2) is 0 Å². The number of carbonyl (C=O) groups excluding carboxylic acids is 2. The van der Waals surface area contributed by atoms with Crippen LogP contribution in [0.2, 0.25) is 10.0 Å². The van der Waals surface area contributed by atoms with Crippen molar-refractivity contribution in [2.75, 3.05) is 18.4 Å². The lowest BCUT2D eigenvalue weighted by molar-refractivity contribution is -0.126. The fraction of sp³-hybridized carbons (Fsp3) is 0.429. The predicted octanol–water partition coefficient (Wildman–Crippen LogP) is 2.27. The zero-order valence-corrected chi connectivity index (χ0v) is 13.0. The fourth-order valence-electron chi connectivity index (χ4n) is 2.48. The summed E-state index contributed by atoms with van der Waals surface area (Å²) < 4.78 is 0. The van der Waals surface area contributed by atoms with Crippen LogP contribution < -0.4 is 11.1 Å². The molecule has 1 heterocycles. The molecule has 0 bridgehead atoms. The summed E-state index contributed by atoms with van der Waals surface area (Å²) >= 11 is 11.9. The van der Waals surface area contributed by atoms with Gasteiger partial charge in [-0.05, 0) is 31.5 Å². The number of primary amides is 1. The summed E-state index contributed by atoms with van der Waals surface area (Å²) in [7, 11) is 0. The van der Waals surface area contributed by atoms with Crippen LogP contribution >= 0.6 is 23.2 Å². The molecule has 0 radical (unpaired) electrons. The molecule has 0 aromatic heterocycles. The minimum Gasteiger partial charge on any atom is -0.368 e. The lowest BCUT2D eigenvalue weighted by atomic mass is 10.0. The molecule has 1 aromatic rings. The van der Waals surface area contributed by atoms with Crippen LogP contribution in [0.15, 0.2) is 18.2 Å². The van der Waals surface area contributed by atoms with Gasteiger partial charge in [0.2, 0.25) is 11.8 Å². The van der Waals surface area contributed by atoms with Gasteiger partial charge in [-0.25, -0.2) is 0 Å². The van der Waals surface area contributed by atoms with Crippen molar-refractivity contribution in [2.24, 2.45) is 5.73 Å². The summed E-state index contributed by atoms with van der Waals surface area (Å²) in [5.74, 6) is -0.629. The van der Waals surface area contributed by atoms with Crippen molar-refractivity contribution in [3.8, 4) is 0 Å². The van der Waals surface area contributed by atoms with Gasteiger partial charge in [-0.1, -0.05) is 35.7 Å². The molecular formula is C14H17Cl2N3O2. The van der Waals surface area contributed by atoms with Gasteiger partial charge in [-0.3, -0.25) is 14.5 Å². The minimum atomic E-state index is -0.386. The average Bonchev–Trinajstić information content (AvgIpc) is 2.44. The number of hydrogen-bond acceptors (Lipinski definition) is 3. The standard InChI is InChI=1S/C14H17Cl2N3O2/c15-9-4-3-5-10(13(9)16)18-12(20)8-19-7-2-1-6-11(19)14(17)21/h3-5,11H,1-2,6-8H2,(H2,17,21)(H,18,20). The molecule has 1 unspecified atom stereocenters. The quantitative estimate of drug-likeness (QED) is 0.889. The second-order valence-corrected chi connectivity index (χ2v) is 5.82. The highest BCUT2D eigenvalue weighted by atomic mass is 35.5. The van der Waals surface area contributed by atoms with E-state index >= 15 is 0 Å². The second kappa shape index (κ2) is 7.11. The Morgan fingerprint density at radius 2 is 2.10 bits per heavy atom. The number of amides is 2.